The van der Waals surface area contributed by atoms with Crippen LogP contribution in [0.1, 0.15) is 12.6 Å². The van der Waals surface area contributed by atoms with Gasteiger partial charge in [0.25, 0.3) is 0 Å². The molecule has 0 atom stereocenters. The second-order valence-electron chi connectivity index (χ2n) is 2.71. The molecule has 0 aliphatic carbocycles. The van der Waals surface area contributed by atoms with E-state index in [4.69, 9.17) is 0 Å². The molecule has 0 bridgehead atoms. The predicted molar refractivity (Wildman–Crippen MR) is 46.2 cm³/mol. The Bertz CT molecular complexity index is 406. The Hall–Kier alpha value is -1.51. The Morgan fingerprint density at radius 1 is 1.58 bits per heavy atom. The lowest BCUT2D eigenvalue weighted by molar-refractivity contribution is 0.478. The van der Waals surface area contributed by atoms with Crippen molar-refractivity contribution in [2.75, 3.05) is 0 Å². The molecule has 2 aromatic heterocycles. The molecule has 0 saturated heterocycles. The van der Waals surface area contributed by atoms with Gasteiger partial charge in [-0.3, -0.25) is 0 Å². The van der Waals surface area contributed by atoms with E-state index < -0.39 is 0 Å². The van der Waals surface area contributed by atoms with Crippen molar-refractivity contribution in [2.45, 2.75) is 13.3 Å². The highest BCUT2D eigenvalue weighted by Crippen LogP contribution is 2.18. The average Bonchev–Trinajstić information content (AvgIpc) is 2.49. The number of aryl methyl sites for hydroxylation is 1. The van der Waals surface area contributed by atoms with E-state index >= 15 is 0 Å². The van der Waals surface area contributed by atoms with Gasteiger partial charge in [0.15, 0.2) is 0 Å². The highest BCUT2D eigenvalue weighted by molar-refractivity contribution is 5.59. The van der Waals surface area contributed by atoms with Gasteiger partial charge in [0.05, 0.1) is 5.69 Å². The molecule has 0 amide bonds. The molecule has 12 heavy (non-hydrogen) atoms. The number of hydrogen-bond donors (Lipinski definition) is 1. The molecule has 0 spiro atoms. The molecular formula is C9H10N2O. The Kier molecular flexibility index (Phi) is 1.50. The predicted octanol–water partition coefficient (Wildman–Crippen LogP) is 1.60. The van der Waals surface area contributed by atoms with Crippen LogP contribution in [-0.4, -0.2) is 14.7 Å². The molecule has 1 N–H and O–H groups in total. The van der Waals surface area contributed by atoms with Gasteiger partial charge >= 0.3 is 0 Å². The number of fused-ring (bicyclic) bond motifs is 1. The standard InChI is InChI=1S/C9H10N2O/c1-2-7-6-8-9(12)4-3-5-11(8)10-7/h3-6,12H,2H2,1H3. The van der Waals surface area contributed by atoms with Crippen LogP contribution in [0.5, 0.6) is 5.75 Å². The molecule has 0 radical (unpaired) electrons. The molecule has 3 heteroatoms. The lowest BCUT2D eigenvalue weighted by atomic mass is 10.3. The summed E-state index contributed by atoms with van der Waals surface area (Å²) < 4.78 is 1.69. The molecule has 3 nitrogen and oxygen atoms in total. The van der Waals surface area contributed by atoms with Crippen molar-refractivity contribution in [1.82, 2.24) is 9.61 Å². The number of hydrogen-bond acceptors (Lipinski definition) is 2. The summed E-state index contributed by atoms with van der Waals surface area (Å²) in [4.78, 5) is 0. The summed E-state index contributed by atoms with van der Waals surface area (Å²) >= 11 is 0. The zero-order valence-electron chi connectivity index (χ0n) is 6.86. The van der Waals surface area contributed by atoms with Crippen molar-refractivity contribution in [1.29, 1.82) is 0 Å². The zero-order valence-corrected chi connectivity index (χ0v) is 6.86. The van der Waals surface area contributed by atoms with Crippen LogP contribution >= 0.6 is 0 Å². The molecule has 62 valence electrons. The fourth-order valence-electron chi connectivity index (χ4n) is 1.22. The highest BCUT2D eigenvalue weighted by Gasteiger charge is 2.02. The van der Waals surface area contributed by atoms with Crippen molar-refractivity contribution in [2.24, 2.45) is 0 Å². The van der Waals surface area contributed by atoms with E-state index in [2.05, 4.69) is 5.10 Å². The van der Waals surface area contributed by atoms with Crippen molar-refractivity contribution < 1.29 is 5.11 Å². The van der Waals surface area contributed by atoms with Crippen molar-refractivity contribution in [3.05, 3.63) is 30.1 Å². The van der Waals surface area contributed by atoms with Crippen LogP contribution in [0.4, 0.5) is 0 Å². The molecule has 0 aliphatic heterocycles. The SMILES string of the molecule is CCc1cc2c(O)cccn2n1. The van der Waals surface area contributed by atoms with E-state index in [1.54, 1.807) is 16.6 Å². The summed E-state index contributed by atoms with van der Waals surface area (Å²) in [6.45, 7) is 2.04. The average molecular weight is 162 g/mol. The summed E-state index contributed by atoms with van der Waals surface area (Å²) in [5, 5.41) is 13.7. The minimum Gasteiger partial charge on any atom is -0.506 e. The quantitative estimate of drug-likeness (QED) is 0.691. The van der Waals surface area contributed by atoms with Gasteiger partial charge in [-0.05, 0) is 24.6 Å². The summed E-state index contributed by atoms with van der Waals surface area (Å²) in [5.41, 5.74) is 1.77. The molecule has 2 rings (SSSR count). The Balaban J connectivity index is 2.74. The van der Waals surface area contributed by atoms with Crippen LogP contribution in [0.3, 0.4) is 0 Å². The summed E-state index contributed by atoms with van der Waals surface area (Å²) in [5.74, 6) is 0.282. The summed E-state index contributed by atoms with van der Waals surface area (Å²) in [7, 11) is 0. The molecule has 2 heterocycles. The number of pyridine rings is 1. The number of aromatic nitrogens is 2. The number of aromatic hydroxyl groups is 1. The fourth-order valence-corrected chi connectivity index (χ4v) is 1.22. The third kappa shape index (κ3) is 0.942. The van der Waals surface area contributed by atoms with Crippen molar-refractivity contribution in [3.63, 3.8) is 0 Å². The fraction of sp³-hybridized carbons (Fsp3) is 0.222. The highest BCUT2D eigenvalue weighted by atomic mass is 16.3. The maximum Gasteiger partial charge on any atom is 0.141 e. The first-order chi connectivity index (χ1) is 5.81. The van der Waals surface area contributed by atoms with Crippen molar-refractivity contribution >= 4 is 5.52 Å². The second-order valence-corrected chi connectivity index (χ2v) is 2.71. The van der Waals surface area contributed by atoms with Crippen LogP contribution in [0, 0.1) is 0 Å². The normalized spacial score (nSPS) is 10.8. The van der Waals surface area contributed by atoms with E-state index in [-0.39, 0.29) is 5.75 Å². The maximum atomic E-state index is 9.42. The molecule has 0 aliphatic rings. The smallest absolute Gasteiger partial charge is 0.141 e. The molecule has 0 aromatic carbocycles. The van der Waals surface area contributed by atoms with Gasteiger partial charge in [-0.1, -0.05) is 6.92 Å². The van der Waals surface area contributed by atoms with Gasteiger partial charge in [-0.2, -0.15) is 5.10 Å². The minimum atomic E-state index is 0.282. The van der Waals surface area contributed by atoms with Gasteiger partial charge < -0.3 is 5.11 Å². The second kappa shape index (κ2) is 2.52. The first-order valence-corrected chi connectivity index (χ1v) is 3.97. The molecular weight excluding hydrogens is 152 g/mol. The van der Waals surface area contributed by atoms with Gasteiger partial charge in [-0.25, -0.2) is 4.52 Å². The van der Waals surface area contributed by atoms with E-state index in [9.17, 15) is 5.11 Å². The van der Waals surface area contributed by atoms with Crippen LogP contribution in [0.25, 0.3) is 5.52 Å². The molecule has 0 fully saturated rings. The Labute approximate surface area is 70.3 Å². The first kappa shape index (κ1) is 7.16. The first-order valence-electron chi connectivity index (χ1n) is 3.97. The lowest BCUT2D eigenvalue weighted by Crippen LogP contribution is -1.86. The monoisotopic (exact) mass is 162 g/mol. The summed E-state index contributed by atoms with van der Waals surface area (Å²) in [6, 6.07) is 5.33. The molecule has 0 unspecified atom stereocenters. The van der Waals surface area contributed by atoms with E-state index in [1.807, 2.05) is 19.2 Å². The van der Waals surface area contributed by atoms with Gasteiger partial charge in [0.1, 0.15) is 11.3 Å². The van der Waals surface area contributed by atoms with E-state index in [0.29, 0.717) is 0 Å². The summed E-state index contributed by atoms with van der Waals surface area (Å²) in [6.07, 6.45) is 2.72. The number of nitrogens with zero attached hydrogens (tertiary/aromatic N) is 2. The third-order valence-electron chi connectivity index (χ3n) is 1.89. The van der Waals surface area contributed by atoms with E-state index in [0.717, 1.165) is 17.6 Å². The topological polar surface area (TPSA) is 37.5 Å². The van der Waals surface area contributed by atoms with Gasteiger partial charge in [0.2, 0.25) is 0 Å². The Morgan fingerprint density at radius 2 is 2.42 bits per heavy atom. The van der Waals surface area contributed by atoms with Gasteiger partial charge in [0, 0.05) is 6.20 Å². The zero-order chi connectivity index (χ0) is 8.55. The molecule has 2 aromatic rings. The van der Waals surface area contributed by atoms with Crippen LogP contribution < -0.4 is 0 Å². The third-order valence-corrected chi connectivity index (χ3v) is 1.89. The van der Waals surface area contributed by atoms with Crippen molar-refractivity contribution in [3.8, 4) is 5.75 Å². The van der Waals surface area contributed by atoms with Gasteiger partial charge in [-0.15, -0.1) is 0 Å². The van der Waals surface area contributed by atoms with Crippen LogP contribution in [-0.2, 0) is 6.42 Å². The Morgan fingerprint density at radius 3 is 3.08 bits per heavy atom. The van der Waals surface area contributed by atoms with E-state index in [1.165, 1.54) is 0 Å². The largest absolute Gasteiger partial charge is 0.506 e. The van der Waals surface area contributed by atoms with Crippen LogP contribution in [0.2, 0.25) is 0 Å². The maximum absolute atomic E-state index is 9.42. The molecule has 0 saturated carbocycles. The number of rotatable bonds is 1. The van der Waals surface area contributed by atoms with Crippen LogP contribution in [0.15, 0.2) is 24.4 Å². The lowest BCUT2D eigenvalue weighted by Gasteiger charge is -1.93. The minimum absolute atomic E-state index is 0.282.